The van der Waals surface area contributed by atoms with E-state index in [-0.39, 0.29) is 0 Å². The van der Waals surface area contributed by atoms with Crippen LogP contribution in [0.15, 0.2) is 18.2 Å². The summed E-state index contributed by atoms with van der Waals surface area (Å²) in [5.41, 5.74) is 1.72. The average molecular weight is 363 g/mol. The van der Waals surface area contributed by atoms with Crippen LogP contribution in [0.2, 0.25) is 0 Å². The van der Waals surface area contributed by atoms with Gasteiger partial charge in [0.15, 0.2) is 0 Å². The van der Waals surface area contributed by atoms with Crippen molar-refractivity contribution in [1.82, 2.24) is 9.80 Å². The van der Waals surface area contributed by atoms with Crippen LogP contribution in [0.4, 0.5) is 0 Å². The molecule has 0 amide bonds. The zero-order chi connectivity index (χ0) is 18.6. The predicted molar refractivity (Wildman–Crippen MR) is 104 cm³/mol. The molecule has 0 aromatic heterocycles. The van der Waals surface area contributed by atoms with Crippen molar-refractivity contribution in [2.24, 2.45) is 5.41 Å². The lowest BCUT2D eigenvalue weighted by atomic mass is 9.86. The van der Waals surface area contributed by atoms with Gasteiger partial charge in [-0.3, -0.25) is 4.90 Å². The number of benzene rings is 1. The van der Waals surface area contributed by atoms with Crippen molar-refractivity contribution in [3.05, 3.63) is 23.8 Å². The van der Waals surface area contributed by atoms with Gasteiger partial charge in [0.1, 0.15) is 24.2 Å². The number of rotatable bonds is 8. The quantitative estimate of drug-likeness (QED) is 0.770. The van der Waals surface area contributed by atoms with Crippen LogP contribution in [0.3, 0.4) is 0 Å². The SMILES string of the molecule is COc1ccc(OCC(O)CN(C)C)c(CN2CCC3(CCCC3)C2)c1. The number of hydrogen-bond acceptors (Lipinski definition) is 5. The average Bonchev–Trinajstić information content (AvgIpc) is 3.23. The Kier molecular flexibility index (Phi) is 6.43. The molecule has 5 nitrogen and oxygen atoms in total. The van der Waals surface area contributed by atoms with E-state index in [2.05, 4.69) is 11.0 Å². The number of methoxy groups -OCH3 is 1. The molecule has 1 aliphatic carbocycles. The summed E-state index contributed by atoms with van der Waals surface area (Å²) in [5.74, 6) is 1.71. The summed E-state index contributed by atoms with van der Waals surface area (Å²) in [5, 5.41) is 10.1. The van der Waals surface area contributed by atoms with E-state index in [0.717, 1.165) is 23.6 Å². The smallest absolute Gasteiger partial charge is 0.124 e. The number of ether oxygens (including phenoxy) is 2. The predicted octanol–water partition coefficient (Wildman–Crippen LogP) is 2.76. The van der Waals surface area contributed by atoms with Crippen molar-refractivity contribution < 1.29 is 14.6 Å². The first-order valence-electron chi connectivity index (χ1n) is 9.85. The standard InChI is InChI=1S/C21H34N2O3/c1-22(2)14-18(24)15-26-20-7-6-19(25-3)12-17(20)13-23-11-10-21(16-23)8-4-5-9-21/h6-7,12,18,24H,4-5,8-11,13-16H2,1-3H3. The van der Waals surface area contributed by atoms with Gasteiger partial charge in [0.2, 0.25) is 0 Å². The van der Waals surface area contributed by atoms with Crippen LogP contribution in [-0.4, -0.2) is 68.5 Å². The van der Waals surface area contributed by atoms with Crippen LogP contribution in [0.1, 0.15) is 37.7 Å². The van der Waals surface area contributed by atoms with Crippen LogP contribution in [0.5, 0.6) is 11.5 Å². The fraction of sp³-hybridized carbons (Fsp3) is 0.714. The maximum atomic E-state index is 10.1. The van der Waals surface area contributed by atoms with Crippen molar-refractivity contribution in [3.8, 4) is 11.5 Å². The molecule has 0 bridgehead atoms. The van der Waals surface area contributed by atoms with Crippen molar-refractivity contribution >= 4 is 0 Å². The highest BCUT2D eigenvalue weighted by molar-refractivity contribution is 5.40. The summed E-state index contributed by atoms with van der Waals surface area (Å²) < 4.78 is 11.4. The maximum absolute atomic E-state index is 10.1. The van der Waals surface area contributed by atoms with Gasteiger partial charge < -0.3 is 19.5 Å². The Morgan fingerprint density at radius 3 is 2.69 bits per heavy atom. The zero-order valence-electron chi connectivity index (χ0n) is 16.5. The number of nitrogens with zero attached hydrogens (tertiary/aromatic N) is 2. The van der Waals surface area contributed by atoms with Gasteiger partial charge in [-0.15, -0.1) is 0 Å². The molecule has 1 aromatic carbocycles. The van der Waals surface area contributed by atoms with Crippen LogP contribution >= 0.6 is 0 Å². The maximum Gasteiger partial charge on any atom is 0.124 e. The molecule has 1 aliphatic heterocycles. The van der Waals surface area contributed by atoms with Gasteiger partial charge in [-0.2, -0.15) is 0 Å². The van der Waals surface area contributed by atoms with Gasteiger partial charge in [-0.25, -0.2) is 0 Å². The topological polar surface area (TPSA) is 45.2 Å². The summed E-state index contributed by atoms with van der Waals surface area (Å²) >= 11 is 0. The molecule has 26 heavy (non-hydrogen) atoms. The molecule has 1 aromatic rings. The molecule has 2 fully saturated rings. The molecule has 1 spiro atoms. The number of likely N-dealkylation sites (tertiary alicyclic amines) is 1. The minimum absolute atomic E-state index is 0.307. The Morgan fingerprint density at radius 1 is 1.23 bits per heavy atom. The van der Waals surface area contributed by atoms with Gasteiger partial charge in [-0.1, -0.05) is 12.8 Å². The second kappa shape index (κ2) is 8.59. The van der Waals surface area contributed by atoms with Crippen molar-refractivity contribution in [2.75, 3.05) is 47.4 Å². The van der Waals surface area contributed by atoms with Crippen LogP contribution in [0, 0.1) is 5.41 Å². The second-order valence-electron chi connectivity index (χ2n) is 8.37. The first-order valence-corrected chi connectivity index (χ1v) is 9.85. The number of aliphatic hydroxyl groups is 1. The van der Waals surface area contributed by atoms with Gasteiger partial charge >= 0.3 is 0 Å². The molecule has 1 heterocycles. The summed E-state index contributed by atoms with van der Waals surface area (Å²) in [6.07, 6.45) is 6.41. The largest absolute Gasteiger partial charge is 0.497 e. The highest BCUT2D eigenvalue weighted by Crippen LogP contribution is 2.45. The highest BCUT2D eigenvalue weighted by atomic mass is 16.5. The zero-order valence-corrected chi connectivity index (χ0v) is 16.5. The van der Waals surface area contributed by atoms with E-state index in [1.54, 1.807) is 7.11 Å². The second-order valence-corrected chi connectivity index (χ2v) is 8.37. The van der Waals surface area contributed by atoms with Gasteiger partial charge in [0, 0.05) is 25.2 Å². The number of likely N-dealkylation sites (N-methyl/N-ethyl adjacent to an activating group) is 1. The Hall–Kier alpha value is -1.30. The van der Waals surface area contributed by atoms with E-state index in [1.165, 1.54) is 45.2 Å². The van der Waals surface area contributed by atoms with Gasteiger partial charge in [0.25, 0.3) is 0 Å². The molecular weight excluding hydrogens is 328 g/mol. The van der Waals surface area contributed by atoms with E-state index in [9.17, 15) is 5.11 Å². The third-order valence-corrected chi connectivity index (χ3v) is 5.85. The Bertz CT molecular complexity index is 585. The van der Waals surface area contributed by atoms with E-state index in [0.29, 0.717) is 18.6 Å². The first kappa shape index (κ1) is 19.5. The molecule has 1 saturated heterocycles. The fourth-order valence-electron chi connectivity index (χ4n) is 4.54. The van der Waals surface area contributed by atoms with Crippen LogP contribution < -0.4 is 9.47 Å². The van der Waals surface area contributed by atoms with Crippen LogP contribution in [0.25, 0.3) is 0 Å². The lowest BCUT2D eigenvalue weighted by Crippen LogP contribution is -2.31. The van der Waals surface area contributed by atoms with Crippen molar-refractivity contribution in [2.45, 2.75) is 44.8 Å². The molecule has 1 saturated carbocycles. The summed E-state index contributed by atoms with van der Waals surface area (Å²) in [4.78, 5) is 4.53. The number of aliphatic hydroxyl groups excluding tert-OH is 1. The molecule has 2 aliphatic rings. The molecule has 1 unspecified atom stereocenters. The molecule has 3 rings (SSSR count). The molecule has 0 radical (unpaired) electrons. The minimum atomic E-state index is -0.492. The summed E-state index contributed by atoms with van der Waals surface area (Å²) in [6, 6.07) is 5.98. The summed E-state index contributed by atoms with van der Waals surface area (Å²) in [6.45, 7) is 4.16. The first-order chi connectivity index (χ1) is 12.5. The normalized spacial score (nSPS) is 20.8. The summed E-state index contributed by atoms with van der Waals surface area (Å²) in [7, 11) is 5.60. The molecule has 1 atom stereocenters. The van der Waals surface area contributed by atoms with E-state index < -0.39 is 6.10 Å². The Labute approximate surface area is 157 Å². The Balaban J connectivity index is 1.64. The van der Waals surface area contributed by atoms with E-state index in [4.69, 9.17) is 9.47 Å². The number of hydrogen-bond donors (Lipinski definition) is 1. The van der Waals surface area contributed by atoms with Crippen LogP contribution in [-0.2, 0) is 6.54 Å². The minimum Gasteiger partial charge on any atom is -0.497 e. The molecular formula is C21H34N2O3. The highest BCUT2D eigenvalue weighted by Gasteiger charge is 2.40. The lowest BCUT2D eigenvalue weighted by Gasteiger charge is -2.24. The fourth-order valence-corrected chi connectivity index (χ4v) is 4.54. The van der Waals surface area contributed by atoms with E-state index >= 15 is 0 Å². The third-order valence-electron chi connectivity index (χ3n) is 5.85. The Morgan fingerprint density at radius 2 is 2.00 bits per heavy atom. The lowest BCUT2D eigenvalue weighted by molar-refractivity contribution is 0.0823. The molecule has 5 heteroatoms. The molecule has 1 N–H and O–H groups in total. The third kappa shape index (κ3) is 4.90. The van der Waals surface area contributed by atoms with Gasteiger partial charge in [0.05, 0.1) is 7.11 Å². The van der Waals surface area contributed by atoms with Crippen molar-refractivity contribution in [1.29, 1.82) is 0 Å². The van der Waals surface area contributed by atoms with Crippen molar-refractivity contribution in [3.63, 3.8) is 0 Å². The van der Waals surface area contributed by atoms with E-state index in [1.807, 2.05) is 31.1 Å². The van der Waals surface area contributed by atoms with Gasteiger partial charge in [-0.05, 0) is 63.5 Å². The monoisotopic (exact) mass is 362 g/mol. The molecule has 146 valence electrons.